The lowest BCUT2D eigenvalue weighted by Crippen LogP contribution is -2.36. The third kappa shape index (κ3) is 3.47. The van der Waals surface area contributed by atoms with Crippen LogP contribution in [0.25, 0.3) is 0 Å². The van der Waals surface area contributed by atoms with Crippen molar-refractivity contribution < 1.29 is 27.8 Å². The van der Waals surface area contributed by atoms with Crippen LogP contribution in [0.4, 0.5) is 18.9 Å². The predicted octanol–water partition coefficient (Wildman–Crippen LogP) is 3.02. The number of benzene rings is 1. The first kappa shape index (κ1) is 15.6. The fourth-order valence-corrected chi connectivity index (χ4v) is 2.50. The molecule has 0 amide bonds. The molecule has 7 heteroatoms. The Morgan fingerprint density at radius 2 is 1.95 bits per heavy atom. The van der Waals surface area contributed by atoms with Crippen LogP contribution in [0.15, 0.2) is 18.2 Å². The molecular formula is C14H16F3NO3. The molecule has 1 N–H and O–H groups in total. The van der Waals surface area contributed by atoms with Gasteiger partial charge in [0.2, 0.25) is 0 Å². The minimum atomic E-state index is -4.67. The number of carboxylic acid groups (broad SMARTS) is 1. The topological polar surface area (TPSA) is 49.8 Å². The van der Waals surface area contributed by atoms with Crippen LogP contribution in [0.2, 0.25) is 0 Å². The molecule has 4 nitrogen and oxygen atoms in total. The normalized spacial score (nSPS) is 17.0. The highest BCUT2D eigenvalue weighted by molar-refractivity contribution is 5.91. The van der Waals surface area contributed by atoms with E-state index in [1.807, 2.05) is 4.90 Å². The van der Waals surface area contributed by atoms with E-state index < -0.39 is 23.3 Å². The van der Waals surface area contributed by atoms with Crippen molar-refractivity contribution in [2.75, 3.05) is 25.1 Å². The monoisotopic (exact) mass is 303 g/mol. The van der Waals surface area contributed by atoms with Crippen LogP contribution >= 0.6 is 0 Å². The van der Waals surface area contributed by atoms with Crippen LogP contribution in [-0.2, 0) is 10.9 Å². The second-order valence-corrected chi connectivity index (χ2v) is 4.95. The van der Waals surface area contributed by atoms with E-state index in [4.69, 9.17) is 9.84 Å². The van der Waals surface area contributed by atoms with Gasteiger partial charge >= 0.3 is 12.1 Å². The number of carboxylic acids is 1. The Labute approximate surface area is 120 Å². The summed E-state index contributed by atoms with van der Waals surface area (Å²) in [5.74, 6) is -1.57. The Hall–Kier alpha value is -1.76. The quantitative estimate of drug-likeness (QED) is 0.932. The van der Waals surface area contributed by atoms with Crippen molar-refractivity contribution in [1.82, 2.24) is 0 Å². The van der Waals surface area contributed by atoms with Gasteiger partial charge in [0.1, 0.15) is 0 Å². The number of rotatable bonds is 3. The molecule has 1 aromatic rings. The molecule has 1 saturated heterocycles. The maximum Gasteiger partial charge on any atom is 0.417 e. The number of hydrogen-bond acceptors (Lipinski definition) is 3. The van der Waals surface area contributed by atoms with Crippen molar-refractivity contribution in [2.45, 2.75) is 25.1 Å². The zero-order valence-corrected chi connectivity index (χ0v) is 11.5. The van der Waals surface area contributed by atoms with Crippen LogP contribution in [0.5, 0.6) is 0 Å². The number of anilines is 1. The summed E-state index contributed by atoms with van der Waals surface area (Å²) in [7, 11) is 1.63. The molecular weight excluding hydrogens is 287 g/mol. The molecule has 0 bridgehead atoms. The highest BCUT2D eigenvalue weighted by Crippen LogP contribution is 2.34. The van der Waals surface area contributed by atoms with E-state index in [1.165, 1.54) is 6.07 Å². The molecule has 0 aromatic heterocycles. The molecule has 1 fully saturated rings. The van der Waals surface area contributed by atoms with Crippen molar-refractivity contribution in [3.8, 4) is 0 Å². The van der Waals surface area contributed by atoms with Crippen molar-refractivity contribution in [3.05, 3.63) is 29.3 Å². The summed E-state index contributed by atoms with van der Waals surface area (Å²) in [6.45, 7) is 1.26. The van der Waals surface area contributed by atoms with Gasteiger partial charge in [0.25, 0.3) is 0 Å². The van der Waals surface area contributed by atoms with Crippen LogP contribution in [0, 0.1) is 0 Å². The van der Waals surface area contributed by atoms with Gasteiger partial charge in [0.15, 0.2) is 0 Å². The number of carbonyl (C=O) groups is 1. The molecule has 21 heavy (non-hydrogen) atoms. The Kier molecular flexibility index (Phi) is 4.41. The number of nitrogens with zero attached hydrogens (tertiary/aromatic N) is 1. The summed E-state index contributed by atoms with van der Waals surface area (Å²) in [6.07, 6.45) is -3.00. The number of halogens is 3. The number of alkyl halides is 3. The van der Waals surface area contributed by atoms with Gasteiger partial charge in [0, 0.05) is 25.9 Å². The summed E-state index contributed by atoms with van der Waals surface area (Å²) in [6, 6.07) is 3.25. The number of aromatic carboxylic acids is 1. The summed E-state index contributed by atoms with van der Waals surface area (Å²) in [4.78, 5) is 12.9. The van der Waals surface area contributed by atoms with E-state index >= 15 is 0 Å². The maximum atomic E-state index is 12.8. The van der Waals surface area contributed by atoms with Gasteiger partial charge in [-0.3, -0.25) is 0 Å². The fourth-order valence-electron chi connectivity index (χ4n) is 2.50. The number of hydrogen-bond donors (Lipinski definition) is 1. The van der Waals surface area contributed by atoms with Crippen molar-refractivity contribution >= 4 is 11.7 Å². The zero-order valence-electron chi connectivity index (χ0n) is 11.5. The smallest absolute Gasteiger partial charge is 0.417 e. The second kappa shape index (κ2) is 5.93. The minimum absolute atomic E-state index is 0.148. The summed E-state index contributed by atoms with van der Waals surface area (Å²) < 4.78 is 43.6. The summed E-state index contributed by atoms with van der Waals surface area (Å²) in [5.41, 5.74) is -1.34. The van der Waals surface area contributed by atoms with Crippen LogP contribution in [0.1, 0.15) is 28.8 Å². The molecule has 0 atom stereocenters. The predicted molar refractivity (Wildman–Crippen MR) is 70.6 cm³/mol. The summed E-state index contributed by atoms with van der Waals surface area (Å²) >= 11 is 0. The van der Waals surface area contributed by atoms with E-state index in [0.29, 0.717) is 18.8 Å². The lowest BCUT2D eigenvalue weighted by molar-refractivity contribution is -0.138. The Bertz CT molecular complexity index is 523. The standard InChI is InChI=1S/C14H16F3NO3/c1-21-10-4-6-18(7-5-10)9-2-3-12(14(15,16)17)11(8-9)13(19)20/h2-3,8,10H,4-7H2,1H3,(H,19,20). The first-order valence-corrected chi connectivity index (χ1v) is 6.55. The van der Waals surface area contributed by atoms with E-state index in [0.717, 1.165) is 25.0 Å². The van der Waals surface area contributed by atoms with Gasteiger partial charge < -0.3 is 14.7 Å². The minimum Gasteiger partial charge on any atom is -0.478 e. The molecule has 0 spiro atoms. The lowest BCUT2D eigenvalue weighted by Gasteiger charge is -2.33. The molecule has 0 unspecified atom stereocenters. The van der Waals surface area contributed by atoms with Gasteiger partial charge in [-0.15, -0.1) is 0 Å². The average molecular weight is 303 g/mol. The van der Waals surface area contributed by atoms with E-state index in [2.05, 4.69) is 0 Å². The Balaban J connectivity index is 2.27. The maximum absolute atomic E-state index is 12.8. The molecule has 1 aromatic carbocycles. The van der Waals surface area contributed by atoms with Gasteiger partial charge in [-0.2, -0.15) is 13.2 Å². The Morgan fingerprint density at radius 3 is 2.43 bits per heavy atom. The largest absolute Gasteiger partial charge is 0.478 e. The molecule has 0 aliphatic carbocycles. The highest BCUT2D eigenvalue weighted by atomic mass is 19.4. The van der Waals surface area contributed by atoms with Crippen molar-refractivity contribution in [2.24, 2.45) is 0 Å². The van der Waals surface area contributed by atoms with E-state index in [1.54, 1.807) is 7.11 Å². The molecule has 116 valence electrons. The fraction of sp³-hybridized carbons (Fsp3) is 0.500. The zero-order chi connectivity index (χ0) is 15.6. The van der Waals surface area contributed by atoms with Crippen molar-refractivity contribution in [3.63, 3.8) is 0 Å². The van der Waals surface area contributed by atoms with E-state index in [9.17, 15) is 18.0 Å². The van der Waals surface area contributed by atoms with E-state index in [-0.39, 0.29) is 6.10 Å². The van der Waals surface area contributed by atoms with Gasteiger partial charge in [-0.1, -0.05) is 0 Å². The molecule has 1 heterocycles. The van der Waals surface area contributed by atoms with Gasteiger partial charge in [-0.05, 0) is 31.0 Å². The average Bonchev–Trinajstić information content (AvgIpc) is 2.45. The molecule has 2 rings (SSSR count). The SMILES string of the molecule is COC1CCN(c2ccc(C(F)(F)F)c(C(=O)O)c2)CC1. The Morgan fingerprint density at radius 1 is 1.33 bits per heavy atom. The van der Waals surface area contributed by atoms with Crippen LogP contribution in [-0.4, -0.2) is 37.4 Å². The lowest BCUT2D eigenvalue weighted by atomic mass is 10.0. The van der Waals surface area contributed by atoms with Gasteiger partial charge in [-0.25, -0.2) is 4.79 Å². The highest BCUT2D eigenvalue weighted by Gasteiger charge is 2.35. The van der Waals surface area contributed by atoms with Crippen molar-refractivity contribution in [1.29, 1.82) is 0 Å². The molecule has 0 radical (unpaired) electrons. The first-order valence-electron chi connectivity index (χ1n) is 6.55. The number of piperidine rings is 1. The third-order valence-corrected chi connectivity index (χ3v) is 3.68. The van der Waals surface area contributed by atoms with Crippen LogP contribution < -0.4 is 4.90 Å². The molecule has 0 saturated carbocycles. The number of ether oxygens (including phenoxy) is 1. The summed E-state index contributed by atoms with van der Waals surface area (Å²) in [5, 5.41) is 8.99. The van der Waals surface area contributed by atoms with Crippen LogP contribution in [0.3, 0.4) is 0 Å². The first-order chi connectivity index (χ1) is 9.82. The molecule has 1 aliphatic rings. The third-order valence-electron chi connectivity index (χ3n) is 3.68. The second-order valence-electron chi connectivity index (χ2n) is 4.95. The number of methoxy groups -OCH3 is 1. The van der Waals surface area contributed by atoms with Gasteiger partial charge in [0.05, 0.1) is 17.2 Å². The molecule has 1 aliphatic heterocycles.